The van der Waals surface area contributed by atoms with Gasteiger partial charge in [-0.15, -0.1) is 0 Å². The molecule has 0 amide bonds. The fourth-order valence-corrected chi connectivity index (χ4v) is 1.42. The van der Waals surface area contributed by atoms with Crippen molar-refractivity contribution in [3.05, 3.63) is 33.4 Å². The zero-order valence-electron chi connectivity index (χ0n) is 9.50. The van der Waals surface area contributed by atoms with Crippen molar-refractivity contribution < 1.29 is 9.53 Å². The van der Waals surface area contributed by atoms with Crippen LogP contribution in [0.5, 0.6) is 0 Å². The molecule has 0 saturated heterocycles. The molecule has 0 radical (unpaired) electrons. The molecule has 86 valence electrons. The first kappa shape index (κ1) is 13.2. The first-order chi connectivity index (χ1) is 7.29. The maximum absolute atomic E-state index is 11.6. The summed E-state index contributed by atoms with van der Waals surface area (Å²) in [6.45, 7) is 5.35. The number of benzene rings is 1. The van der Waals surface area contributed by atoms with Gasteiger partial charge >= 0.3 is 5.97 Å². The van der Waals surface area contributed by atoms with Crippen LogP contribution in [0.1, 0.15) is 26.3 Å². The maximum Gasteiger partial charge on any atom is 0.357 e. The van der Waals surface area contributed by atoms with Crippen molar-refractivity contribution in [2.75, 3.05) is 0 Å². The third-order valence-electron chi connectivity index (χ3n) is 1.74. The third-order valence-corrected chi connectivity index (χ3v) is 2.46. The lowest BCUT2D eigenvalue weighted by Crippen LogP contribution is -2.29. The van der Waals surface area contributed by atoms with E-state index in [4.69, 9.17) is 10.1 Å². The number of carbonyl (C=O) groups is 1. The number of rotatable bonds is 2. The molecule has 1 rings (SSSR count). The van der Waals surface area contributed by atoms with Crippen LogP contribution in [0.2, 0.25) is 0 Å². The van der Waals surface area contributed by atoms with Crippen LogP contribution in [0.15, 0.2) is 24.3 Å². The van der Waals surface area contributed by atoms with Crippen LogP contribution >= 0.6 is 22.6 Å². The van der Waals surface area contributed by atoms with Crippen molar-refractivity contribution in [1.82, 2.24) is 0 Å². The van der Waals surface area contributed by atoms with E-state index >= 15 is 0 Å². The van der Waals surface area contributed by atoms with Crippen LogP contribution in [-0.4, -0.2) is 17.3 Å². The number of ether oxygens (including phenoxy) is 1. The van der Waals surface area contributed by atoms with Crippen molar-refractivity contribution in [3.63, 3.8) is 0 Å². The molecular formula is C12H14INO2. The number of halogens is 1. The van der Waals surface area contributed by atoms with Crippen LogP contribution in [0, 0.1) is 8.98 Å². The molecule has 0 fully saturated rings. The van der Waals surface area contributed by atoms with E-state index in [9.17, 15) is 4.79 Å². The molecule has 0 aliphatic rings. The van der Waals surface area contributed by atoms with Gasteiger partial charge in [0.2, 0.25) is 0 Å². The normalized spacial score (nSPS) is 11.0. The topological polar surface area (TPSA) is 50.2 Å². The van der Waals surface area contributed by atoms with Gasteiger partial charge < -0.3 is 4.74 Å². The molecular weight excluding hydrogens is 317 g/mol. The van der Waals surface area contributed by atoms with E-state index in [1.54, 1.807) is 32.9 Å². The van der Waals surface area contributed by atoms with Crippen LogP contribution in [0.25, 0.3) is 0 Å². The molecule has 1 N–H and O–H groups in total. The first-order valence-corrected chi connectivity index (χ1v) is 5.95. The molecule has 1 aromatic carbocycles. The fourth-order valence-electron chi connectivity index (χ4n) is 1.06. The summed E-state index contributed by atoms with van der Waals surface area (Å²) in [5.41, 5.74) is -0.0898. The second-order valence-corrected chi connectivity index (χ2v) is 5.63. The standard InChI is InChI=1S/C12H14INO2/c1-12(2,3)16-11(15)10(14)8-4-6-9(13)7-5-8/h4-7,14H,1-3H3. The average molecular weight is 331 g/mol. The molecule has 0 atom stereocenters. The van der Waals surface area contributed by atoms with Gasteiger partial charge in [0.1, 0.15) is 11.3 Å². The number of carbonyl (C=O) groups excluding carboxylic acids is 1. The summed E-state index contributed by atoms with van der Waals surface area (Å²) in [5.74, 6) is -0.589. The van der Waals surface area contributed by atoms with Crippen molar-refractivity contribution in [2.45, 2.75) is 26.4 Å². The predicted octanol–water partition coefficient (Wildman–Crippen LogP) is 3.00. The van der Waals surface area contributed by atoms with E-state index in [0.717, 1.165) is 3.57 Å². The summed E-state index contributed by atoms with van der Waals surface area (Å²) >= 11 is 2.17. The van der Waals surface area contributed by atoms with E-state index in [2.05, 4.69) is 22.6 Å². The lowest BCUT2D eigenvalue weighted by Gasteiger charge is -2.19. The minimum Gasteiger partial charge on any atom is -0.455 e. The highest BCUT2D eigenvalue weighted by Gasteiger charge is 2.20. The van der Waals surface area contributed by atoms with Crippen molar-refractivity contribution in [3.8, 4) is 0 Å². The molecule has 3 nitrogen and oxygen atoms in total. The SMILES string of the molecule is CC(C)(C)OC(=O)C(=N)c1ccc(I)cc1. The lowest BCUT2D eigenvalue weighted by molar-refractivity contribution is -0.146. The van der Waals surface area contributed by atoms with Gasteiger partial charge in [0.05, 0.1) is 0 Å². The van der Waals surface area contributed by atoms with Gasteiger partial charge in [-0.2, -0.15) is 0 Å². The van der Waals surface area contributed by atoms with Crippen molar-refractivity contribution in [2.24, 2.45) is 0 Å². The smallest absolute Gasteiger partial charge is 0.357 e. The molecule has 0 aromatic heterocycles. The Morgan fingerprint density at radius 3 is 2.19 bits per heavy atom. The number of hydrogen-bond donors (Lipinski definition) is 1. The predicted molar refractivity (Wildman–Crippen MR) is 71.8 cm³/mol. The Morgan fingerprint density at radius 2 is 1.75 bits per heavy atom. The highest BCUT2D eigenvalue weighted by Crippen LogP contribution is 2.11. The Morgan fingerprint density at radius 1 is 1.25 bits per heavy atom. The van der Waals surface area contributed by atoms with Crippen LogP contribution in [-0.2, 0) is 9.53 Å². The highest BCUT2D eigenvalue weighted by molar-refractivity contribution is 14.1. The third kappa shape index (κ3) is 3.92. The quantitative estimate of drug-likeness (QED) is 0.515. The van der Waals surface area contributed by atoms with Crippen LogP contribution in [0.3, 0.4) is 0 Å². The van der Waals surface area contributed by atoms with Gasteiger partial charge in [-0.05, 0) is 55.5 Å². The summed E-state index contributed by atoms with van der Waals surface area (Å²) in [6, 6.07) is 7.20. The molecule has 0 heterocycles. The number of hydrogen-bond acceptors (Lipinski definition) is 3. The van der Waals surface area contributed by atoms with Gasteiger partial charge in [-0.3, -0.25) is 5.41 Å². The Kier molecular flexibility index (Phi) is 4.07. The summed E-state index contributed by atoms with van der Waals surface area (Å²) in [6.07, 6.45) is 0. The first-order valence-electron chi connectivity index (χ1n) is 4.87. The van der Waals surface area contributed by atoms with Crippen molar-refractivity contribution >= 4 is 34.3 Å². The van der Waals surface area contributed by atoms with E-state index in [-0.39, 0.29) is 5.71 Å². The Hall–Kier alpha value is -0.910. The highest BCUT2D eigenvalue weighted by atomic mass is 127. The van der Waals surface area contributed by atoms with Crippen molar-refractivity contribution in [1.29, 1.82) is 5.41 Å². The van der Waals surface area contributed by atoms with E-state index in [0.29, 0.717) is 5.56 Å². The summed E-state index contributed by atoms with van der Waals surface area (Å²) in [4.78, 5) is 11.6. The van der Waals surface area contributed by atoms with Crippen LogP contribution < -0.4 is 0 Å². The molecule has 0 saturated carbocycles. The Bertz CT molecular complexity index is 404. The lowest BCUT2D eigenvalue weighted by atomic mass is 10.1. The fraction of sp³-hybridized carbons (Fsp3) is 0.333. The van der Waals surface area contributed by atoms with E-state index in [1.165, 1.54) is 0 Å². The largest absolute Gasteiger partial charge is 0.455 e. The van der Waals surface area contributed by atoms with Crippen LogP contribution in [0.4, 0.5) is 0 Å². The number of esters is 1. The van der Waals surface area contributed by atoms with Gasteiger partial charge in [-0.25, -0.2) is 4.79 Å². The zero-order valence-corrected chi connectivity index (χ0v) is 11.7. The molecule has 0 aliphatic heterocycles. The Balaban J connectivity index is 2.79. The average Bonchev–Trinajstić information content (AvgIpc) is 2.15. The molecule has 0 unspecified atom stereocenters. The van der Waals surface area contributed by atoms with E-state index < -0.39 is 11.6 Å². The molecule has 0 spiro atoms. The molecule has 16 heavy (non-hydrogen) atoms. The summed E-state index contributed by atoms with van der Waals surface area (Å²) in [7, 11) is 0. The summed E-state index contributed by atoms with van der Waals surface area (Å²) < 4.78 is 6.19. The van der Waals surface area contributed by atoms with Gasteiger partial charge in [0, 0.05) is 9.13 Å². The maximum atomic E-state index is 11.6. The van der Waals surface area contributed by atoms with Gasteiger partial charge in [0.25, 0.3) is 0 Å². The molecule has 0 aliphatic carbocycles. The second-order valence-electron chi connectivity index (χ2n) is 4.38. The van der Waals surface area contributed by atoms with E-state index in [1.807, 2.05) is 12.1 Å². The monoisotopic (exact) mass is 331 g/mol. The zero-order chi connectivity index (χ0) is 12.3. The summed E-state index contributed by atoms with van der Waals surface area (Å²) in [5, 5.41) is 7.71. The minimum atomic E-state index is -0.589. The Labute approximate surface area is 109 Å². The van der Waals surface area contributed by atoms with Gasteiger partial charge in [0.15, 0.2) is 0 Å². The molecule has 1 aromatic rings. The number of nitrogens with one attached hydrogen (secondary N) is 1. The van der Waals surface area contributed by atoms with Gasteiger partial charge in [-0.1, -0.05) is 12.1 Å². The second kappa shape index (κ2) is 4.95. The minimum absolute atomic E-state index is 0.105. The molecule has 0 bridgehead atoms. The molecule has 4 heteroatoms.